The van der Waals surface area contributed by atoms with Crippen molar-refractivity contribution in [1.29, 1.82) is 0 Å². The van der Waals surface area contributed by atoms with Crippen molar-refractivity contribution in [3.05, 3.63) is 70.5 Å². The number of sulfonamides is 1. The number of fused-ring (bicyclic) bond motifs is 1. The van der Waals surface area contributed by atoms with E-state index < -0.39 is 27.3 Å². The van der Waals surface area contributed by atoms with E-state index in [0.29, 0.717) is 16.6 Å². The zero-order chi connectivity index (χ0) is 19.6. The second-order valence-electron chi connectivity index (χ2n) is 5.72. The number of anilines is 1. The van der Waals surface area contributed by atoms with Gasteiger partial charge in [-0.05, 0) is 36.4 Å². The predicted octanol–water partition coefficient (Wildman–Crippen LogP) is 1.61. The Labute approximate surface area is 154 Å². The number of carbonyl (C=O) groups excluding carboxylic acids is 2. The van der Waals surface area contributed by atoms with Gasteiger partial charge in [-0.25, -0.2) is 13.1 Å². The SMILES string of the molecule is CC(=O)NS(=O)(=O)c1ccc(NC(=O)c2c[nH]c3ccccc3c2=O)cc1. The van der Waals surface area contributed by atoms with Gasteiger partial charge in [-0.15, -0.1) is 0 Å². The highest BCUT2D eigenvalue weighted by molar-refractivity contribution is 7.90. The highest BCUT2D eigenvalue weighted by Crippen LogP contribution is 2.15. The molecule has 0 unspecified atom stereocenters. The number of benzene rings is 2. The van der Waals surface area contributed by atoms with Gasteiger partial charge in [0, 0.05) is 29.7 Å². The third-order valence-corrected chi connectivity index (χ3v) is 5.18. The minimum Gasteiger partial charge on any atom is -0.360 e. The van der Waals surface area contributed by atoms with Crippen LogP contribution in [-0.4, -0.2) is 25.2 Å². The Bertz CT molecular complexity index is 1200. The molecule has 138 valence electrons. The van der Waals surface area contributed by atoms with Crippen LogP contribution in [0.2, 0.25) is 0 Å². The van der Waals surface area contributed by atoms with Crippen molar-refractivity contribution in [3.63, 3.8) is 0 Å². The van der Waals surface area contributed by atoms with Crippen molar-refractivity contribution >= 4 is 38.4 Å². The van der Waals surface area contributed by atoms with E-state index in [1.807, 2.05) is 4.72 Å². The van der Waals surface area contributed by atoms with E-state index in [2.05, 4.69) is 10.3 Å². The van der Waals surface area contributed by atoms with Crippen molar-refractivity contribution in [2.75, 3.05) is 5.32 Å². The summed E-state index contributed by atoms with van der Waals surface area (Å²) in [6.07, 6.45) is 1.33. The largest absolute Gasteiger partial charge is 0.360 e. The zero-order valence-electron chi connectivity index (χ0n) is 14.1. The van der Waals surface area contributed by atoms with Crippen molar-refractivity contribution in [1.82, 2.24) is 9.71 Å². The Morgan fingerprint density at radius 3 is 2.33 bits per heavy atom. The normalized spacial score (nSPS) is 11.1. The number of hydrogen-bond donors (Lipinski definition) is 3. The van der Waals surface area contributed by atoms with Crippen molar-refractivity contribution in [3.8, 4) is 0 Å². The molecule has 2 amide bonds. The molecule has 0 atom stereocenters. The lowest BCUT2D eigenvalue weighted by molar-refractivity contribution is -0.117. The molecule has 1 aromatic heterocycles. The quantitative estimate of drug-likeness (QED) is 0.629. The van der Waals surface area contributed by atoms with E-state index in [1.54, 1.807) is 24.3 Å². The Kier molecular flexibility index (Phi) is 4.78. The van der Waals surface area contributed by atoms with E-state index in [4.69, 9.17) is 0 Å². The highest BCUT2D eigenvalue weighted by Gasteiger charge is 2.16. The van der Waals surface area contributed by atoms with Gasteiger partial charge >= 0.3 is 0 Å². The molecule has 3 N–H and O–H groups in total. The molecule has 3 rings (SSSR count). The lowest BCUT2D eigenvalue weighted by Crippen LogP contribution is -2.28. The second-order valence-corrected chi connectivity index (χ2v) is 7.40. The standard InChI is InChI=1S/C18H15N3O5S/c1-11(22)21-27(25,26)13-8-6-12(7-9-13)20-18(24)15-10-19-16-5-3-2-4-14(16)17(15)23/h2-10H,1H3,(H,19,23)(H,20,24)(H,21,22). The van der Waals surface area contributed by atoms with Gasteiger partial charge in [-0.3, -0.25) is 14.4 Å². The number of amides is 2. The van der Waals surface area contributed by atoms with Crippen molar-refractivity contribution in [2.24, 2.45) is 0 Å². The van der Waals surface area contributed by atoms with E-state index in [-0.39, 0.29) is 10.5 Å². The van der Waals surface area contributed by atoms with Crippen LogP contribution in [-0.2, 0) is 14.8 Å². The molecule has 0 saturated heterocycles. The van der Waals surface area contributed by atoms with E-state index in [1.165, 1.54) is 30.5 Å². The van der Waals surface area contributed by atoms with Crippen LogP contribution in [0.25, 0.3) is 10.9 Å². The monoisotopic (exact) mass is 385 g/mol. The molecule has 3 aromatic rings. The third kappa shape index (κ3) is 3.87. The smallest absolute Gasteiger partial charge is 0.264 e. The first kappa shape index (κ1) is 18.3. The van der Waals surface area contributed by atoms with Crippen LogP contribution in [0.1, 0.15) is 17.3 Å². The maximum absolute atomic E-state index is 12.4. The molecular formula is C18H15N3O5S. The van der Waals surface area contributed by atoms with Gasteiger partial charge in [0.15, 0.2) is 0 Å². The summed E-state index contributed by atoms with van der Waals surface area (Å²) in [4.78, 5) is 38.6. The topological polar surface area (TPSA) is 125 Å². The van der Waals surface area contributed by atoms with Crippen LogP contribution >= 0.6 is 0 Å². The molecule has 0 fully saturated rings. The fourth-order valence-electron chi connectivity index (χ4n) is 2.50. The summed E-state index contributed by atoms with van der Waals surface area (Å²) in [5.41, 5.74) is 0.441. The summed E-state index contributed by atoms with van der Waals surface area (Å²) in [7, 11) is -3.96. The first-order valence-electron chi connectivity index (χ1n) is 7.83. The molecule has 0 bridgehead atoms. The predicted molar refractivity (Wildman–Crippen MR) is 100.0 cm³/mol. The van der Waals surface area contributed by atoms with Crippen LogP contribution in [0.15, 0.2) is 64.4 Å². The summed E-state index contributed by atoms with van der Waals surface area (Å²) >= 11 is 0. The number of hydrogen-bond acceptors (Lipinski definition) is 5. The Balaban J connectivity index is 1.84. The second kappa shape index (κ2) is 7.04. The highest BCUT2D eigenvalue weighted by atomic mass is 32.2. The summed E-state index contributed by atoms with van der Waals surface area (Å²) in [5.74, 6) is -1.33. The molecule has 8 nitrogen and oxygen atoms in total. The number of carbonyl (C=O) groups is 2. The van der Waals surface area contributed by atoms with Crippen LogP contribution in [0, 0.1) is 0 Å². The summed E-state index contributed by atoms with van der Waals surface area (Å²) in [5, 5.41) is 2.93. The lowest BCUT2D eigenvalue weighted by Gasteiger charge is -2.08. The number of pyridine rings is 1. The fraction of sp³-hybridized carbons (Fsp3) is 0.0556. The van der Waals surface area contributed by atoms with Gasteiger partial charge in [0.25, 0.3) is 15.9 Å². The van der Waals surface area contributed by atoms with Gasteiger partial charge in [-0.1, -0.05) is 12.1 Å². The first-order valence-corrected chi connectivity index (χ1v) is 9.31. The van der Waals surface area contributed by atoms with Gasteiger partial charge in [0.1, 0.15) is 5.56 Å². The first-order chi connectivity index (χ1) is 12.8. The van der Waals surface area contributed by atoms with Crippen LogP contribution in [0.5, 0.6) is 0 Å². The van der Waals surface area contributed by atoms with Crippen molar-refractivity contribution < 1.29 is 18.0 Å². The molecule has 27 heavy (non-hydrogen) atoms. The maximum Gasteiger partial charge on any atom is 0.264 e. The number of H-pyrrole nitrogens is 1. The molecule has 0 aliphatic rings. The number of aromatic nitrogens is 1. The molecule has 9 heteroatoms. The lowest BCUT2D eigenvalue weighted by atomic mass is 10.1. The summed E-state index contributed by atoms with van der Waals surface area (Å²) < 4.78 is 25.7. The zero-order valence-corrected chi connectivity index (χ0v) is 15.0. The Morgan fingerprint density at radius 1 is 1.00 bits per heavy atom. The van der Waals surface area contributed by atoms with Gasteiger partial charge in [0.2, 0.25) is 11.3 Å². The number of aromatic amines is 1. The Morgan fingerprint density at radius 2 is 1.67 bits per heavy atom. The minimum atomic E-state index is -3.96. The Hall–Kier alpha value is -3.46. The van der Waals surface area contributed by atoms with E-state index >= 15 is 0 Å². The van der Waals surface area contributed by atoms with E-state index in [9.17, 15) is 22.8 Å². The summed E-state index contributed by atoms with van der Waals surface area (Å²) in [6.45, 7) is 1.09. The molecule has 0 radical (unpaired) electrons. The molecule has 0 aliphatic carbocycles. The average Bonchev–Trinajstić information content (AvgIpc) is 2.61. The van der Waals surface area contributed by atoms with E-state index in [0.717, 1.165) is 6.92 Å². The van der Waals surface area contributed by atoms with Gasteiger partial charge in [-0.2, -0.15) is 0 Å². The maximum atomic E-state index is 12.4. The van der Waals surface area contributed by atoms with Crippen LogP contribution < -0.4 is 15.5 Å². The van der Waals surface area contributed by atoms with Crippen LogP contribution in [0.4, 0.5) is 5.69 Å². The number of para-hydroxylation sites is 1. The molecule has 0 saturated carbocycles. The molecule has 1 heterocycles. The average molecular weight is 385 g/mol. The number of rotatable bonds is 4. The van der Waals surface area contributed by atoms with Gasteiger partial charge in [0.05, 0.1) is 4.90 Å². The summed E-state index contributed by atoms with van der Waals surface area (Å²) in [6, 6.07) is 12.0. The minimum absolute atomic E-state index is 0.0661. The van der Waals surface area contributed by atoms with Crippen molar-refractivity contribution in [2.45, 2.75) is 11.8 Å². The molecular weight excluding hydrogens is 370 g/mol. The fourth-order valence-corrected chi connectivity index (χ4v) is 3.49. The van der Waals surface area contributed by atoms with Crippen LogP contribution in [0.3, 0.4) is 0 Å². The molecule has 0 aliphatic heterocycles. The molecule has 2 aromatic carbocycles. The number of nitrogens with one attached hydrogen (secondary N) is 3. The third-order valence-electron chi connectivity index (χ3n) is 3.73. The molecule has 0 spiro atoms. The van der Waals surface area contributed by atoms with Gasteiger partial charge < -0.3 is 10.3 Å².